The van der Waals surface area contributed by atoms with Crippen LogP contribution >= 0.6 is 23.4 Å². The van der Waals surface area contributed by atoms with Crippen LogP contribution in [0.15, 0.2) is 60.7 Å². The lowest BCUT2D eigenvalue weighted by Crippen LogP contribution is -2.63. The lowest BCUT2D eigenvalue weighted by atomic mass is 9.85. The third-order valence-corrected chi connectivity index (χ3v) is 9.40. The molecule has 2 heterocycles. The summed E-state index contributed by atoms with van der Waals surface area (Å²) in [6, 6.07) is 19.2. The van der Waals surface area contributed by atoms with E-state index in [9.17, 15) is 9.59 Å². The van der Waals surface area contributed by atoms with Crippen LogP contribution in [0.25, 0.3) is 0 Å². The Morgan fingerprint density at radius 2 is 1.70 bits per heavy atom. The Bertz CT molecular complexity index is 1150. The first-order valence-corrected chi connectivity index (χ1v) is 16.8. The number of carbonyl (C=O) groups excluding carboxylic acids is 2. The topological polar surface area (TPSA) is 89.5 Å². The molecule has 234 valence electrons. The van der Waals surface area contributed by atoms with Gasteiger partial charge in [-0.25, -0.2) is 4.79 Å². The van der Waals surface area contributed by atoms with Crippen LogP contribution in [0.4, 0.5) is 0 Å². The van der Waals surface area contributed by atoms with E-state index in [2.05, 4.69) is 0 Å². The van der Waals surface area contributed by atoms with Gasteiger partial charge in [0.2, 0.25) is 0 Å². The van der Waals surface area contributed by atoms with Crippen molar-refractivity contribution >= 4 is 35.3 Å². The van der Waals surface area contributed by atoms with Gasteiger partial charge in [0.15, 0.2) is 18.5 Å². The average Bonchev–Trinajstić information content (AvgIpc) is 3.05. The highest BCUT2D eigenvalue weighted by atomic mass is 35.5. The molecule has 0 aromatic heterocycles. The van der Waals surface area contributed by atoms with E-state index in [1.54, 1.807) is 0 Å². The highest BCUT2D eigenvalue weighted by Crippen LogP contribution is 2.40. The minimum atomic E-state index is -0.873. The summed E-state index contributed by atoms with van der Waals surface area (Å²) >= 11 is 7.38. The molecule has 2 aromatic carbocycles. The number of halogens is 1. The molecule has 7 atom stereocenters. The molecule has 0 spiro atoms. The van der Waals surface area contributed by atoms with E-state index in [1.165, 1.54) is 18.2 Å². The first-order chi connectivity index (χ1) is 21.1. The predicted octanol–water partition coefficient (Wildman–Crippen LogP) is 6.20. The van der Waals surface area contributed by atoms with Crippen LogP contribution in [0, 0.1) is 5.92 Å². The van der Waals surface area contributed by atoms with E-state index >= 15 is 0 Å². The second-order valence-electron chi connectivity index (χ2n) is 11.2. The molecule has 1 saturated carbocycles. The van der Waals surface area contributed by atoms with Crippen molar-refractivity contribution in [1.29, 1.82) is 0 Å². The van der Waals surface area contributed by atoms with Crippen molar-refractivity contribution in [3.05, 3.63) is 71.8 Å². The summed E-state index contributed by atoms with van der Waals surface area (Å²) in [5.74, 6) is -0.307. The fourth-order valence-corrected chi connectivity index (χ4v) is 7.05. The minimum absolute atomic E-state index is 0.142. The largest absolute Gasteiger partial charge is 0.459 e. The molecule has 0 N–H and O–H groups in total. The van der Waals surface area contributed by atoms with Gasteiger partial charge in [-0.05, 0) is 23.7 Å². The number of ether oxygens (including phenoxy) is 6. The van der Waals surface area contributed by atoms with Crippen molar-refractivity contribution in [2.24, 2.45) is 5.92 Å². The number of rotatable bonds is 12. The third-order valence-electron chi connectivity index (χ3n) is 8.14. The fourth-order valence-electron chi connectivity index (χ4n) is 6.03. The maximum atomic E-state index is 13.7. The molecular formula is C33H41ClO8S. The number of hydrogen-bond donors (Lipinski definition) is 0. The number of carbonyl (C=O) groups is 2. The smallest absolute Gasteiger partial charge is 0.335 e. The molecule has 5 rings (SSSR count). The van der Waals surface area contributed by atoms with Crippen LogP contribution in [-0.4, -0.2) is 66.1 Å². The zero-order chi connectivity index (χ0) is 30.0. The summed E-state index contributed by atoms with van der Waals surface area (Å²) in [6.07, 6.45) is 1.66. The van der Waals surface area contributed by atoms with Crippen LogP contribution in [0.2, 0.25) is 0 Å². The van der Waals surface area contributed by atoms with E-state index in [-0.39, 0.29) is 19.1 Å². The maximum Gasteiger partial charge on any atom is 0.335 e. The Morgan fingerprint density at radius 1 is 0.977 bits per heavy atom. The Morgan fingerprint density at radius 3 is 2.40 bits per heavy atom. The van der Waals surface area contributed by atoms with Gasteiger partial charge in [-0.1, -0.05) is 99.7 Å². The molecule has 0 amide bonds. The zero-order valence-corrected chi connectivity index (χ0v) is 26.1. The second kappa shape index (κ2) is 16.3. The summed E-state index contributed by atoms with van der Waals surface area (Å²) in [7, 11) is 0. The second-order valence-corrected chi connectivity index (χ2v) is 12.8. The first-order valence-electron chi connectivity index (χ1n) is 15.3. The SMILES string of the molecule is CCS[C@@H]1O[C@H]2COC(c3ccccc3)O[C@@H]2C(O[C@@H](CC2CCCCC2)C(=O)OCc2ccccc2)C1OC(=O)CCl. The quantitative estimate of drug-likeness (QED) is 0.200. The van der Waals surface area contributed by atoms with Gasteiger partial charge < -0.3 is 28.4 Å². The number of benzene rings is 2. The van der Waals surface area contributed by atoms with Gasteiger partial charge >= 0.3 is 11.9 Å². The first kappa shape index (κ1) is 32.3. The Kier molecular flexibility index (Phi) is 12.2. The van der Waals surface area contributed by atoms with E-state index in [4.69, 9.17) is 40.0 Å². The summed E-state index contributed by atoms with van der Waals surface area (Å²) in [6.45, 7) is 2.40. The van der Waals surface area contributed by atoms with E-state index in [0.717, 1.165) is 36.8 Å². The van der Waals surface area contributed by atoms with Crippen molar-refractivity contribution in [2.45, 2.75) is 94.3 Å². The summed E-state index contributed by atoms with van der Waals surface area (Å²) in [5, 5.41) is 0. The molecule has 3 aliphatic rings. The van der Waals surface area contributed by atoms with Crippen molar-refractivity contribution in [3.8, 4) is 0 Å². The van der Waals surface area contributed by atoms with Gasteiger partial charge in [0.1, 0.15) is 36.2 Å². The van der Waals surface area contributed by atoms with Crippen LogP contribution in [0.3, 0.4) is 0 Å². The lowest BCUT2D eigenvalue weighted by molar-refractivity contribution is -0.328. The van der Waals surface area contributed by atoms with Crippen molar-refractivity contribution in [3.63, 3.8) is 0 Å². The predicted molar refractivity (Wildman–Crippen MR) is 163 cm³/mol. The van der Waals surface area contributed by atoms with Gasteiger partial charge in [0.25, 0.3) is 0 Å². The van der Waals surface area contributed by atoms with Gasteiger partial charge in [0.05, 0.1) is 6.61 Å². The van der Waals surface area contributed by atoms with E-state index in [1.807, 2.05) is 67.6 Å². The van der Waals surface area contributed by atoms with Crippen LogP contribution in [0.1, 0.15) is 62.9 Å². The number of fused-ring (bicyclic) bond motifs is 1. The molecule has 10 heteroatoms. The molecule has 43 heavy (non-hydrogen) atoms. The Balaban J connectivity index is 1.43. The molecule has 0 radical (unpaired) electrons. The number of alkyl halides is 1. The van der Waals surface area contributed by atoms with Gasteiger partial charge in [-0.2, -0.15) is 0 Å². The summed E-state index contributed by atoms with van der Waals surface area (Å²) < 4.78 is 37.4. The normalized spacial score (nSPS) is 28.4. The van der Waals surface area contributed by atoms with Crippen molar-refractivity contribution in [2.75, 3.05) is 18.2 Å². The Labute approximate surface area is 263 Å². The van der Waals surface area contributed by atoms with Crippen molar-refractivity contribution < 1.29 is 38.0 Å². The number of esters is 2. The minimum Gasteiger partial charge on any atom is -0.459 e. The van der Waals surface area contributed by atoms with Crippen LogP contribution < -0.4 is 0 Å². The molecule has 1 aliphatic carbocycles. The monoisotopic (exact) mass is 632 g/mol. The van der Waals surface area contributed by atoms with Crippen LogP contribution in [0.5, 0.6) is 0 Å². The zero-order valence-electron chi connectivity index (χ0n) is 24.5. The van der Waals surface area contributed by atoms with Crippen molar-refractivity contribution in [1.82, 2.24) is 0 Å². The van der Waals surface area contributed by atoms with E-state index < -0.39 is 54.2 Å². The summed E-state index contributed by atoms with van der Waals surface area (Å²) in [5.41, 5.74) is 1.19. The average molecular weight is 633 g/mol. The molecule has 0 bridgehead atoms. The fraction of sp³-hybridized carbons (Fsp3) is 0.576. The maximum absolute atomic E-state index is 13.7. The van der Waals surface area contributed by atoms with E-state index in [0.29, 0.717) is 18.1 Å². The number of thioether (sulfide) groups is 1. The standard InChI is InChI=1S/C33H41ClO8S/c1-2-43-33-30(41-27(35)19-34)29(28-26(40-33)21-38-32(42-28)24-16-10-5-11-17-24)39-25(18-22-12-6-3-7-13-22)31(36)37-20-23-14-8-4-9-15-23/h4-5,8-11,14-17,22,25-26,28-30,32-33H,2-3,6-7,12-13,18-21H2,1H3/t25-,26-,28-,29?,30?,32?,33-/m0/s1. The molecule has 2 saturated heterocycles. The molecule has 2 aliphatic heterocycles. The molecule has 3 unspecified atom stereocenters. The lowest BCUT2D eigenvalue weighted by Gasteiger charge is -2.49. The van der Waals surface area contributed by atoms with Gasteiger partial charge in [-0.15, -0.1) is 23.4 Å². The van der Waals surface area contributed by atoms with Gasteiger partial charge in [-0.3, -0.25) is 4.79 Å². The molecule has 3 fully saturated rings. The van der Waals surface area contributed by atoms with Gasteiger partial charge in [0, 0.05) is 5.56 Å². The summed E-state index contributed by atoms with van der Waals surface area (Å²) in [4.78, 5) is 26.3. The molecule has 8 nitrogen and oxygen atoms in total. The third kappa shape index (κ3) is 8.74. The highest BCUT2D eigenvalue weighted by molar-refractivity contribution is 7.99. The highest BCUT2D eigenvalue weighted by Gasteiger charge is 2.53. The Hall–Kier alpha value is -2.14. The molecular weight excluding hydrogens is 592 g/mol. The molecule has 2 aromatic rings. The van der Waals surface area contributed by atoms with Crippen LogP contribution in [-0.2, 0) is 44.6 Å². The number of hydrogen-bond acceptors (Lipinski definition) is 9.